The summed E-state index contributed by atoms with van der Waals surface area (Å²) in [5.74, 6) is -0.157. The second kappa shape index (κ2) is 6.04. The molecule has 0 saturated heterocycles. The average Bonchev–Trinajstić information content (AvgIpc) is 2.28. The van der Waals surface area contributed by atoms with Gasteiger partial charge in [0.25, 0.3) is 0 Å². The molecule has 0 amide bonds. The molecule has 2 atom stereocenters. The van der Waals surface area contributed by atoms with Gasteiger partial charge in [-0.3, -0.25) is 4.79 Å². The van der Waals surface area contributed by atoms with Crippen LogP contribution in [-0.4, -0.2) is 5.97 Å². The Balaban J connectivity index is 2.62. The Bertz CT molecular complexity index is 345. The van der Waals surface area contributed by atoms with Crippen LogP contribution in [0.4, 0.5) is 0 Å². The Hall–Kier alpha value is -0.830. The van der Waals surface area contributed by atoms with Gasteiger partial charge < -0.3 is 4.74 Å². The lowest BCUT2D eigenvalue weighted by atomic mass is 10.1. The van der Waals surface area contributed by atoms with Gasteiger partial charge in [-0.1, -0.05) is 41.9 Å². The van der Waals surface area contributed by atoms with Crippen LogP contribution in [0.3, 0.4) is 0 Å². The lowest BCUT2D eigenvalue weighted by Crippen LogP contribution is -2.16. The van der Waals surface area contributed by atoms with Crippen LogP contribution in [0, 0.1) is 5.92 Å². The molecule has 0 N–H and O–H groups in total. The molecule has 0 saturated carbocycles. The van der Waals surface area contributed by atoms with Crippen molar-refractivity contribution in [2.45, 2.75) is 33.3 Å². The maximum Gasteiger partial charge on any atom is 0.309 e. The van der Waals surface area contributed by atoms with Crippen LogP contribution < -0.4 is 0 Å². The third kappa shape index (κ3) is 3.63. The zero-order valence-corrected chi connectivity index (χ0v) is 11.5. The van der Waals surface area contributed by atoms with Gasteiger partial charge in [0.2, 0.25) is 0 Å². The standard InChI is InChI=1S/C13H17BrO2/c1-4-9(2)13(15)16-10(3)11-5-7-12(14)8-6-11/h5-10H,4H2,1-3H3. The van der Waals surface area contributed by atoms with Gasteiger partial charge >= 0.3 is 5.97 Å². The lowest BCUT2D eigenvalue weighted by Gasteiger charge is -2.16. The van der Waals surface area contributed by atoms with Gasteiger partial charge in [-0.25, -0.2) is 0 Å². The second-order valence-corrected chi connectivity index (χ2v) is 4.86. The van der Waals surface area contributed by atoms with Crippen molar-refractivity contribution < 1.29 is 9.53 Å². The highest BCUT2D eigenvalue weighted by Crippen LogP contribution is 2.21. The fraction of sp³-hybridized carbons (Fsp3) is 0.462. The predicted molar refractivity (Wildman–Crippen MR) is 68.1 cm³/mol. The largest absolute Gasteiger partial charge is 0.458 e. The number of ether oxygens (including phenoxy) is 1. The van der Waals surface area contributed by atoms with Crippen molar-refractivity contribution in [1.29, 1.82) is 0 Å². The molecule has 0 aliphatic carbocycles. The Kier molecular flexibility index (Phi) is 5.00. The molecule has 0 radical (unpaired) electrons. The quantitative estimate of drug-likeness (QED) is 0.778. The lowest BCUT2D eigenvalue weighted by molar-refractivity contribution is -0.153. The summed E-state index contributed by atoms with van der Waals surface area (Å²) in [6, 6.07) is 7.81. The van der Waals surface area contributed by atoms with Crippen LogP contribution in [-0.2, 0) is 9.53 Å². The molecule has 1 aromatic rings. The summed E-state index contributed by atoms with van der Waals surface area (Å²) in [5, 5.41) is 0. The van der Waals surface area contributed by atoms with Crippen molar-refractivity contribution in [2.24, 2.45) is 5.92 Å². The summed E-state index contributed by atoms with van der Waals surface area (Å²) >= 11 is 3.37. The Morgan fingerprint density at radius 3 is 2.38 bits per heavy atom. The van der Waals surface area contributed by atoms with Crippen molar-refractivity contribution in [3.8, 4) is 0 Å². The summed E-state index contributed by atoms with van der Waals surface area (Å²) in [5.41, 5.74) is 1.01. The van der Waals surface area contributed by atoms with E-state index >= 15 is 0 Å². The monoisotopic (exact) mass is 284 g/mol. The van der Waals surface area contributed by atoms with Crippen LogP contribution in [0.1, 0.15) is 38.9 Å². The fourth-order valence-corrected chi connectivity index (χ4v) is 1.52. The topological polar surface area (TPSA) is 26.3 Å². The van der Waals surface area contributed by atoms with Gasteiger partial charge in [0, 0.05) is 4.47 Å². The van der Waals surface area contributed by atoms with Crippen LogP contribution in [0.5, 0.6) is 0 Å². The van der Waals surface area contributed by atoms with E-state index < -0.39 is 0 Å². The highest BCUT2D eigenvalue weighted by atomic mass is 79.9. The van der Waals surface area contributed by atoms with Gasteiger partial charge in [-0.15, -0.1) is 0 Å². The third-order valence-corrected chi connectivity index (χ3v) is 3.18. The summed E-state index contributed by atoms with van der Waals surface area (Å²) in [6.45, 7) is 5.76. The number of hydrogen-bond donors (Lipinski definition) is 0. The number of benzene rings is 1. The van der Waals surface area contributed by atoms with Crippen molar-refractivity contribution >= 4 is 21.9 Å². The molecular formula is C13H17BrO2. The summed E-state index contributed by atoms with van der Waals surface area (Å²) < 4.78 is 6.40. The first-order valence-corrected chi connectivity index (χ1v) is 6.29. The molecule has 0 aliphatic heterocycles. The predicted octanol–water partition coefficient (Wildman–Crippen LogP) is 4.10. The zero-order valence-electron chi connectivity index (χ0n) is 9.87. The van der Waals surface area contributed by atoms with E-state index in [1.165, 1.54) is 0 Å². The molecule has 16 heavy (non-hydrogen) atoms. The van der Waals surface area contributed by atoms with Crippen LogP contribution in [0.25, 0.3) is 0 Å². The first-order chi connectivity index (χ1) is 7.54. The molecule has 2 unspecified atom stereocenters. The number of esters is 1. The Morgan fingerprint density at radius 1 is 1.31 bits per heavy atom. The minimum absolute atomic E-state index is 0.0297. The molecule has 3 heteroatoms. The van der Waals surface area contributed by atoms with Crippen LogP contribution in [0.2, 0.25) is 0 Å². The molecule has 0 heterocycles. The molecule has 88 valence electrons. The SMILES string of the molecule is CCC(C)C(=O)OC(C)c1ccc(Br)cc1. The molecular weight excluding hydrogens is 268 g/mol. The number of hydrogen-bond acceptors (Lipinski definition) is 2. The fourth-order valence-electron chi connectivity index (χ4n) is 1.26. The summed E-state index contributed by atoms with van der Waals surface area (Å²) in [6.07, 6.45) is 0.626. The third-order valence-electron chi connectivity index (χ3n) is 2.65. The highest BCUT2D eigenvalue weighted by Gasteiger charge is 2.16. The van der Waals surface area contributed by atoms with E-state index in [-0.39, 0.29) is 18.0 Å². The number of carbonyl (C=O) groups is 1. The molecule has 0 aliphatic rings. The Labute approximate surface area is 105 Å². The maximum absolute atomic E-state index is 11.6. The van der Waals surface area contributed by atoms with E-state index in [4.69, 9.17) is 4.74 Å². The van der Waals surface area contributed by atoms with E-state index in [0.29, 0.717) is 0 Å². The van der Waals surface area contributed by atoms with Gasteiger partial charge in [-0.2, -0.15) is 0 Å². The van der Waals surface area contributed by atoms with Crippen molar-refractivity contribution in [3.05, 3.63) is 34.3 Å². The molecule has 2 nitrogen and oxygen atoms in total. The molecule has 1 rings (SSSR count). The normalized spacial score (nSPS) is 14.2. The number of halogens is 1. The van der Waals surface area contributed by atoms with E-state index in [2.05, 4.69) is 15.9 Å². The van der Waals surface area contributed by atoms with Gasteiger partial charge in [0.15, 0.2) is 0 Å². The maximum atomic E-state index is 11.6. The van der Waals surface area contributed by atoms with E-state index in [9.17, 15) is 4.79 Å². The summed E-state index contributed by atoms with van der Waals surface area (Å²) in [4.78, 5) is 11.6. The molecule has 0 fully saturated rings. The van der Waals surface area contributed by atoms with E-state index in [0.717, 1.165) is 16.5 Å². The molecule has 0 bridgehead atoms. The second-order valence-electron chi connectivity index (χ2n) is 3.94. The average molecular weight is 285 g/mol. The minimum Gasteiger partial charge on any atom is -0.458 e. The summed E-state index contributed by atoms with van der Waals surface area (Å²) in [7, 11) is 0. The van der Waals surface area contributed by atoms with E-state index in [1.807, 2.05) is 45.0 Å². The first-order valence-electron chi connectivity index (χ1n) is 5.50. The molecule has 0 spiro atoms. The van der Waals surface area contributed by atoms with Crippen LogP contribution in [0.15, 0.2) is 28.7 Å². The van der Waals surface area contributed by atoms with Crippen molar-refractivity contribution in [3.63, 3.8) is 0 Å². The van der Waals surface area contributed by atoms with E-state index in [1.54, 1.807) is 0 Å². The molecule has 0 aromatic heterocycles. The van der Waals surface area contributed by atoms with Gasteiger partial charge in [0.05, 0.1) is 5.92 Å². The zero-order chi connectivity index (χ0) is 12.1. The van der Waals surface area contributed by atoms with Crippen LogP contribution >= 0.6 is 15.9 Å². The number of carbonyl (C=O) groups excluding carboxylic acids is 1. The van der Waals surface area contributed by atoms with Gasteiger partial charge in [-0.05, 0) is 31.0 Å². The number of rotatable bonds is 4. The first kappa shape index (κ1) is 13.2. The van der Waals surface area contributed by atoms with Gasteiger partial charge in [0.1, 0.15) is 6.10 Å². The van der Waals surface area contributed by atoms with Crippen molar-refractivity contribution in [2.75, 3.05) is 0 Å². The highest BCUT2D eigenvalue weighted by molar-refractivity contribution is 9.10. The molecule has 1 aromatic carbocycles. The smallest absolute Gasteiger partial charge is 0.309 e. The van der Waals surface area contributed by atoms with Crippen molar-refractivity contribution in [1.82, 2.24) is 0 Å². The Morgan fingerprint density at radius 2 is 1.88 bits per heavy atom. The minimum atomic E-state index is -0.186.